The van der Waals surface area contributed by atoms with Gasteiger partial charge in [-0.2, -0.15) is 0 Å². The molecule has 0 radical (unpaired) electrons. The molecule has 5 nitrogen and oxygen atoms in total. The van der Waals surface area contributed by atoms with Crippen LogP contribution in [0.4, 0.5) is 11.4 Å². The Morgan fingerprint density at radius 1 is 1.56 bits per heavy atom. The van der Waals surface area contributed by atoms with Gasteiger partial charge in [-0.15, -0.1) is 0 Å². The summed E-state index contributed by atoms with van der Waals surface area (Å²) < 4.78 is 0.691. The molecule has 0 bridgehead atoms. The number of rotatable bonds is 2. The minimum absolute atomic E-state index is 0.0652. The van der Waals surface area contributed by atoms with Gasteiger partial charge in [-0.05, 0) is 28.4 Å². The second-order valence-electron chi connectivity index (χ2n) is 3.78. The van der Waals surface area contributed by atoms with Crippen LogP contribution in [0.15, 0.2) is 22.7 Å². The van der Waals surface area contributed by atoms with Gasteiger partial charge in [0.2, 0.25) is 0 Å². The number of nitro groups is 1. The topological polar surface area (TPSA) is 66.6 Å². The molecule has 16 heavy (non-hydrogen) atoms. The Hall–Kier alpha value is -1.14. The number of β-amino-alcohol motifs (C(OH)–C–C–N with tert-alkyl or cyclic N) is 1. The first-order valence-corrected chi connectivity index (χ1v) is 5.74. The highest BCUT2D eigenvalue weighted by Crippen LogP contribution is 2.32. The number of nitrogens with zero attached hydrogens (tertiary/aromatic N) is 2. The van der Waals surface area contributed by atoms with Gasteiger partial charge in [0.15, 0.2) is 0 Å². The molecule has 1 atom stereocenters. The predicted molar refractivity (Wildman–Crippen MR) is 63.6 cm³/mol. The van der Waals surface area contributed by atoms with Crippen molar-refractivity contribution in [3.05, 3.63) is 32.8 Å². The molecule has 1 aromatic carbocycles. The molecule has 6 heteroatoms. The van der Waals surface area contributed by atoms with Crippen LogP contribution in [0.25, 0.3) is 0 Å². The highest BCUT2D eigenvalue weighted by Gasteiger charge is 2.22. The normalized spacial score (nSPS) is 20.1. The van der Waals surface area contributed by atoms with Gasteiger partial charge in [-0.1, -0.05) is 0 Å². The SMILES string of the molecule is O=[N+]([O-])c1ccc(N2CC[C@H](O)C2)c(Br)c1. The van der Waals surface area contributed by atoms with Gasteiger partial charge in [-0.3, -0.25) is 10.1 Å². The maximum atomic E-state index is 10.6. The van der Waals surface area contributed by atoms with Crippen molar-refractivity contribution in [2.24, 2.45) is 0 Å². The van der Waals surface area contributed by atoms with E-state index in [-0.39, 0.29) is 11.8 Å². The van der Waals surface area contributed by atoms with Crippen LogP contribution in [-0.4, -0.2) is 29.2 Å². The lowest BCUT2D eigenvalue weighted by Gasteiger charge is -2.19. The van der Waals surface area contributed by atoms with Crippen molar-refractivity contribution < 1.29 is 10.0 Å². The molecule has 86 valence electrons. The third kappa shape index (κ3) is 2.17. The monoisotopic (exact) mass is 286 g/mol. The van der Waals surface area contributed by atoms with Gasteiger partial charge in [-0.25, -0.2) is 0 Å². The smallest absolute Gasteiger partial charge is 0.270 e. The summed E-state index contributed by atoms with van der Waals surface area (Å²) >= 11 is 3.32. The number of benzene rings is 1. The molecular weight excluding hydrogens is 276 g/mol. The van der Waals surface area contributed by atoms with Gasteiger partial charge >= 0.3 is 0 Å². The summed E-state index contributed by atoms with van der Waals surface area (Å²) in [6.45, 7) is 1.36. The van der Waals surface area contributed by atoms with Crippen molar-refractivity contribution in [2.45, 2.75) is 12.5 Å². The van der Waals surface area contributed by atoms with Crippen LogP contribution in [-0.2, 0) is 0 Å². The minimum Gasteiger partial charge on any atom is -0.391 e. The van der Waals surface area contributed by atoms with E-state index in [2.05, 4.69) is 15.9 Å². The first kappa shape index (κ1) is 11.3. The number of anilines is 1. The molecule has 0 aromatic heterocycles. The zero-order valence-electron chi connectivity index (χ0n) is 8.47. The maximum Gasteiger partial charge on any atom is 0.270 e. The molecule has 0 amide bonds. The first-order valence-electron chi connectivity index (χ1n) is 4.95. The second-order valence-corrected chi connectivity index (χ2v) is 4.64. The van der Waals surface area contributed by atoms with Crippen LogP contribution in [0.5, 0.6) is 0 Å². The van der Waals surface area contributed by atoms with E-state index >= 15 is 0 Å². The maximum absolute atomic E-state index is 10.6. The third-order valence-corrected chi connectivity index (χ3v) is 3.28. The summed E-state index contributed by atoms with van der Waals surface area (Å²) in [6.07, 6.45) is 0.436. The predicted octanol–water partition coefficient (Wildman–Crippen LogP) is 1.93. The molecule has 0 spiro atoms. The van der Waals surface area contributed by atoms with Gasteiger partial charge in [0, 0.05) is 29.7 Å². The number of non-ortho nitro benzene ring substituents is 1. The Kier molecular flexibility index (Phi) is 3.11. The summed E-state index contributed by atoms with van der Waals surface area (Å²) in [6, 6.07) is 4.67. The number of aliphatic hydroxyl groups excluding tert-OH is 1. The Morgan fingerprint density at radius 3 is 2.81 bits per heavy atom. The largest absolute Gasteiger partial charge is 0.391 e. The number of halogens is 1. The van der Waals surface area contributed by atoms with E-state index in [0.717, 1.165) is 18.7 Å². The van der Waals surface area contributed by atoms with Crippen LogP contribution in [0.3, 0.4) is 0 Å². The lowest BCUT2D eigenvalue weighted by atomic mass is 10.2. The molecule has 0 saturated carbocycles. The molecule has 1 aliphatic rings. The molecular formula is C10H11BrN2O3. The minimum atomic E-state index is -0.423. The van der Waals surface area contributed by atoms with Crippen molar-refractivity contribution in [2.75, 3.05) is 18.0 Å². The molecule has 0 aliphatic carbocycles. The Labute approximate surface area is 101 Å². The fourth-order valence-electron chi connectivity index (χ4n) is 1.83. The summed E-state index contributed by atoms with van der Waals surface area (Å²) in [7, 11) is 0. The molecule has 1 aromatic rings. The quantitative estimate of drug-likeness (QED) is 0.666. The summed E-state index contributed by atoms with van der Waals surface area (Å²) in [5, 5.41) is 20.0. The average molecular weight is 287 g/mol. The van der Waals surface area contributed by atoms with Crippen molar-refractivity contribution in [3.63, 3.8) is 0 Å². The lowest BCUT2D eigenvalue weighted by Crippen LogP contribution is -2.21. The molecule has 0 unspecified atom stereocenters. The van der Waals surface area contributed by atoms with Crippen LogP contribution >= 0.6 is 15.9 Å². The molecule has 1 N–H and O–H groups in total. The van der Waals surface area contributed by atoms with Gasteiger partial charge < -0.3 is 10.0 Å². The summed E-state index contributed by atoms with van der Waals surface area (Å²) in [4.78, 5) is 12.2. The van der Waals surface area contributed by atoms with Crippen LogP contribution in [0.1, 0.15) is 6.42 Å². The summed E-state index contributed by atoms with van der Waals surface area (Å²) in [5.74, 6) is 0. The standard InChI is InChI=1S/C10H11BrN2O3/c11-9-5-7(13(15)16)1-2-10(9)12-4-3-8(14)6-12/h1-2,5,8,14H,3-4,6H2/t8-/m0/s1. The van der Waals surface area contributed by atoms with Crippen molar-refractivity contribution in [3.8, 4) is 0 Å². The zero-order valence-corrected chi connectivity index (χ0v) is 10.1. The Bertz CT molecular complexity index is 425. The Balaban J connectivity index is 2.26. The van der Waals surface area contributed by atoms with E-state index in [4.69, 9.17) is 0 Å². The fourth-order valence-corrected chi connectivity index (χ4v) is 2.44. The van der Waals surface area contributed by atoms with E-state index in [1.54, 1.807) is 6.07 Å². The lowest BCUT2D eigenvalue weighted by molar-refractivity contribution is -0.384. The third-order valence-electron chi connectivity index (χ3n) is 2.65. The van der Waals surface area contributed by atoms with Crippen LogP contribution in [0.2, 0.25) is 0 Å². The first-order chi connectivity index (χ1) is 7.58. The molecule has 1 saturated heterocycles. The number of hydrogen-bond donors (Lipinski definition) is 1. The summed E-state index contributed by atoms with van der Waals surface area (Å²) in [5.41, 5.74) is 0.956. The van der Waals surface area contributed by atoms with Crippen molar-refractivity contribution in [1.29, 1.82) is 0 Å². The Morgan fingerprint density at radius 2 is 2.31 bits per heavy atom. The molecule has 1 aliphatic heterocycles. The number of aliphatic hydroxyl groups is 1. The van der Waals surface area contributed by atoms with E-state index < -0.39 is 4.92 Å². The molecule has 1 heterocycles. The van der Waals surface area contributed by atoms with Gasteiger partial charge in [0.1, 0.15) is 0 Å². The van der Waals surface area contributed by atoms with Gasteiger partial charge in [0.05, 0.1) is 16.7 Å². The average Bonchev–Trinajstić information content (AvgIpc) is 2.64. The van der Waals surface area contributed by atoms with E-state index in [1.807, 2.05) is 4.90 Å². The zero-order chi connectivity index (χ0) is 11.7. The van der Waals surface area contributed by atoms with Gasteiger partial charge in [0.25, 0.3) is 5.69 Å². The van der Waals surface area contributed by atoms with E-state index in [9.17, 15) is 15.2 Å². The van der Waals surface area contributed by atoms with E-state index in [0.29, 0.717) is 11.0 Å². The number of hydrogen-bond acceptors (Lipinski definition) is 4. The molecule has 1 fully saturated rings. The molecule has 2 rings (SSSR count). The van der Waals surface area contributed by atoms with Crippen molar-refractivity contribution in [1.82, 2.24) is 0 Å². The number of nitro benzene ring substituents is 1. The van der Waals surface area contributed by atoms with Crippen molar-refractivity contribution >= 4 is 27.3 Å². The highest BCUT2D eigenvalue weighted by molar-refractivity contribution is 9.10. The fraction of sp³-hybridized carbons (Fsp3) is 0.400. The van der Waals surface area contributed by atoms with Crippen LogP contribution in [0, 0.1) is 10.1 Å². The highest BCUT2D eigenvalue weighted by atomic mass is 79.9. The van der Waals surface area contributed by atoms with E-state index in [1.165, 1.54) is 12.1 Å². The second kappa shape index (κ2) is 4.39. The van der Waals surface area contributed by atoms with Crippen LogP contribution < -0.4 is 4.90 Å².